The fraction of sp³-hybridized carbons (Fsp3) is 0.667. The molecule has 0 radical (unpaired) electrons. The van der Waals surface area contributed by atoms with Gasteiger partial charge in [0, 0.05) is 25.7 Å². The first-order valence-corrected chi connectivity index (χ1v) is 8.32. The van der Waals surface area contributed by atoms with Crippen LogP contribution in [0.4, 0.5) is 0 Å². The highest BCUT2D eigenvalue weighted by atomic mass is 16.5. The van der Waals surface area contributed by atoms with E-state index < -0.39 is 0 Å². The first kappa shape index (κ1) is 15.0. The molecule has 1 heterocycles. The number of nitrogens with zero attached hydrogens (tertiary/aromatic N) is 1. The Labute approximate surface area is 128 Å². The van der Waals surface area contributed by atoms with Gasteiger partial charge in [-0.25, -0.2) is 0 Å². The summed E-state index contributed by atoms with van der Waals surface area (Å²) in [6.07, 6.45) is 5.97. The number of hydrogen-bond donors (Lipinski definition) is 1. The number of ether oxygens (including phenoxy) is 1. The first-order chi connectivity index (χ1) is 10.2. The fourth-order valence-electron chi connectivity index (χ4n) is 3.14. The highest BCUT2D eigenvalue weighted by Gasteiger charge is 2.28. The lowest BCUT2D eigenvalue weighted by molar-refractivity contribution is 0.0265. The van der Waals surface area contributed by atoms with Crippen LogP contribution in [0.2, 0.25) is 0 Å². The van der Waals surface area contributed by atoms with Crippen molar-refractivity contribution in [1.29, 1.82) is 0 Å². The van der Waals surface area contributed by atoms with Crippen molar-refractivity contribution >= 4 is 0 Å². The fourth-order valence-corrected chi connectivity index (χ4v) is 3.14. The number of rotatable bonds is 7. The standard InChI is InChI=1S/C18H28N2O/c1-14-5-3-4-6-15(14)12-20(2)13-18-10-9-17(21-18)11-19-16-7-8-16/h3-6,16-19H,7-13H2,1-2H3. The largest absolute Gasteiger partial charge is 0.372 e. The van der Waals surface area contributed by atoms with Crippen molar-refractivity contribution in [1.82, 2.24) is 10.2 Å². The maximum Gasteiger partial charge on any atom is 0.0707 e. The van der Waals surface area contributed by atoms with Gasteiger partial charge in [0.1, 0.15) is 0 Å². The van der Waals surface area contributed by atoms with Crippen molar-refractivity contribution in [2.24, 2.45) is 0 Å². The molecule has 116 valence electrons. The summed E-state index contributed by atoms with van der Waals surface area (Å²) in [5.41, 5.74) is 2.80. The second kappa shape index (κ2) is 6.91. The second-order valence-electron chi connectivity index (χ2n) is 6.76. The maximum absolute atomic E-state index is 6.17. The molecular formula is C18H28N2O. The van der Waals surface area contributed by atoms with Crippen LogP contribution in [0.25, 0.3) is 0 Å². The van der Waals surface area contributed by atoms with Crippen LogP contribution in [0, 0.1) is 6.92 Å². The Hall–Kier alpha value is -0.900. The molecule has 2 unspecified atom stereocenters. The van der Waals surface area contributed by atoms with Crippen LogP contribution in [0.15, 0.2) is 24.3 Å². The molecule has 0 aromatic heterocycles. The van der Waals surface area contributed by atoms with Gasteiger partial charge in [-0.05, 0) is 50.8 Å². The third-order valence-corrected chi connectivity index (χ3v) is 4.62. The van der Waals surface area contributed by atoms with Crippen LogP contribution >= 0.6 is 0 Å². The number of hydrogen-bond acceptors (Lipinski definition) is 3. The van der Waals surface area contributed by atoms with Crippen molar-refractivity contribution in [3.8, 4) is 0 Å². The molecule has 1 saturated heterocycles. The smallest absolute Gasteiger partial charge is 0.0707 e. The van der Waals surface area contributed by atoms with Crippen molar-refractivity contribution in [3.05, 3.63) is 35.4 Å². The Kier molecular flexibility index (Phi) is 4.94. The van der Waals surface area contributed by atoms with E-state index in [1.807, 2.05) is 0 Å². The van der Waals surface area contributed by atoms with E-state index in [1.54, 1.807) is 0 Å². The minimum absolute atomic E-state index is 0.407. The molecular weight excluding hydrogens is 260 g/mol. The van der Waals surface area contributed by atoms with E-state index in [2.05, 4.69) is 48.5 Å². The second-order valence-corrected chi connectivity index (χ2v) is 6.76. The molecule has 1 N–H and O–H groups in total. The SMILES string of the molecule is Cc1ccccc1CN(C)CC1CCC(CNC2CC2)O1. The Morgan fingerprint density at radius 3 is 2.67 bits per heavy atom. The number of nitrogens with one attached hydrogen (secondary N) is 1. The molecule has 3 rings (SSSR count). The van der Waals surface area contributed by atoms with E-state index in [0.717, 1.165) is 25.7 Å². The molecule has 3 heteroatoms. The lowest BCUT2D eigenvalue weighted by Gasteiger charge is -2.22. The average molecular weight is 288 g/mol. The number of aryl methyl sites for hydroxylation is 1. The molecule has 0 amide bonds. The maximum atomic E-state index is 6.17. The van der Waals surface area contributed by atoms with Gasteiger partial charge in [0.05, 0.1) is 12.2 Å². The first-order valence-electron chi connectivity index (χ1n) is 8.32. The van der Waals surface area contributed by atoms with Crippen LogP contribution in [-0.4, -0.2) is 43.3 Å². The van der Waals surface area contributed by atoms with Gasteiger partial charge >= 0.3 is 0 Å². The normalized spacial score (nSPS) is 25.7. The average Bonchev–Trinajstić information content (AvgIpc) is 3.19. The Morgan fingerprint density at radius 1 is 1.14 bits per heavy atom. The summed E-state index contributed by atoms with van der Waals surface area (Å²) < 4.78 is 6.17. The molecule has 1 saturated carbocycles. The summed E-state index contributed by atoms with van der Waals surface area (Å²) in [7, 11) is 2.20. The molecule has 1 aromatic rings. The summed E-state index contributed by atoms with van der Waals surface area (Å²) in [5.74, 6) is 0. The third-order valence-electron chi connectivity index (χ3n) is 4.62. The summed E-state index contributed by atoms with van der Waals surface area (Å²) in [5, 5.41) is 3.58. The van der Waals surface area contributed by atoms with Gasteiger partial charge in [-0.3, -0.25) is 4.90 Å². The van der Waals surface area contributed by atoms with E-state index in [4.69, 9.17) is 4.74 Å². The van der Waals surface area contributed by atoms with Crippen LogP contribution in [0.1, 0.15) is 36.8 Å². The van der Waals surface area contributed by atoms with Gasteiger partial charge in [-0.2, -0.15) is 0 Å². The predicted octanol–water partition coefficient (Wildman–Crippen LogP) is 2.73. The van der Waals surface area contributed by atoms with E-state index in [1.165, 1.54) is 36.8 Å². The van der Waals surface area contributed by atoms with E-state index in [9.17, 15) is 0 Å². The molecule has 1 aromatic carbocycles. The van der Waals surface area contributed by atoms with Crippen LogP contribution in [-0.2, 0) is 11.3 Å². The summed E-state index contributed by atoms with van der Waals surface area (Å²) >= 11 is 0. The zero-order valence-corrected chi connectivity index (χ0v) is 13.3. The molecule has 0 bridgehead atoms. The Bertz CT molecular complexity index is 458. The van der Waals surface area contributed by atoms with Gasteiger partial charge in [0.2, 0.25) is 0 Å². The Morgan fingerprint density at radius 2 is 1.90 bits per heavy atom. The zero-order chi connectivity index (χ0) is 14.7. The lowest BCUT2D eigenvalue weighted by atomic mass is 10.1. The molecule has 0 spiro atoms. The van der Waals surface area contributed by atoms with Crippen molar-refractivity contribution in [2.45, 2.75) is 57.4 Å². The van der Waals surface area contributed by atoms with Gasteiger partial charge < -0.3 is 10.1 Å². The van der Waals surface area contributed by atoms with Crippen LogP contribution in [0.3, 0.4) is 0 Å². The van der Waals surface area contributed by atoms with Crippen molar-refractivity contribution < 1.29 is 4.74 Å². The van der Waals surface area contributed by atoms with Gasteiger partial charge in [0.25, 0.3) is 0 Å². The minimum Gasteiger partial charge on any atom is -0.372 e. The van der Waals surface area contributed by atoms with E-state index >= 15 is 0 Å². The highest BCUT2D eigenvalue weighted by molar-refractivity contribution is 5.25. The van der Waals surface area contributed by atoms with Crippen molar-refractivity contribution in [2.75, 3.05) is 20.1 Å². The topological polar surface area (TPSA) is 24.5 Å². The van der Waals surface area contributed by atoms with Crippen molar-refractivity contribution in [3.63, 3.8) is 0 Å². The molecule has 1 aliphatic heterocycles. The summed E-state index contributed by atoms with van der Waals surface area (Å²) in [6, 6.07) is 9.44. The molecule has 21 heavy (non-hydrogen) atoms. The zero-order valence-electron chi connectivity index (χ0n) is 13.3. The molecule has 3 nitrogen and oxygen atoms in total. The number of likely N-dealkylation sites (N-methyl/N-ethyl adjacent to an activating group) is 1. The Balaban J connectivity index is 1.40. The molecule has 2 fully saturated rings. The predicted molar refractivity (Wildman–Crippen MR) is 86.4 cm³/mol. The van der Waals surface area contributed by atoms with E-state index in [-0.39, 0.29) is 0 Å². The van der Waals surface area contributed by atoms with E-state index in [0.29, 0.717) is 12.2 Å². The minimum atomic E-state index is 0.407. The number of benzene rings is 1. The van der Waals surface area contributed by atoms with Gasteiger partial charge in [0.15, 0.2) is 0 Å². The summed E-state index contributed by atoms with van der Waals surface area (Å²) in [4.78, 5) is 2.39. The molecule has 2 aliphatic rings. The highest BCUT2D eigenvalue weighted by Crippen LogP contribution is 2.23. The van der Waals surface area contributed by atoms with Gasteiger partial charge in [-0.15, -0.1) is 0 Å². The lowest BCUT2D eigenvalue weighted by Crippen LogP contribution is -2.32. The van der Waals surface area contributed by atoms with Gasteiger partial charge in [-0.1, -0.05) is 24.3 Å². The molecule has 2 atom stereocenters. The quantitative estimate of drug-likeness (QED) is 0.835. The van der Waals surface area contributed by atoms with Crippen LogP contribution < -0.4 is 5.32 Å². The van der Waals surface area contributed by atoms with Crippen LogP contribution in [0.5, 0.6) is 0 Å². The third kappa shape index (κ3) is 4.53. The summed E-state index contributed by atoms with van der Waals surface area (Å²) in [6.45, 7) is 5.28. The monoisotopic (exact) mass is 288 g/mol. The molecule has 1 aliphatic carbocycles.